The van der Waals surface area contributed by atoms with E-state index in [-0.39, 0.29) is 37.5 Å². The number of nitrogens with zero attached hydrogens (tertiary/aromatic N) is 2. The van der Waals surface area contributed by atoms with Crippen LogP contribution in [0.1, 0.15) is 11.1 Å². The van der Waals surface area contributed by atoms with Gasteiger partial charge in [-0.3, -0.25) is 4.72 Å². The summed E-state index contributed by atoms with van der Waals surface area (Å²) in [7, 11) is -2.63. The second-order valence-electron chi connectivity index (χ2n) is 7.54. The van der Waals surface area contributed by atoms with E-state index in [1.807, 2.05) is 0 Å². The molecule has 2 aromatic heterocycles. The number of halogens is 3. The standard InChI is InChI=1S/C23H19Cl2FN4O4S2/c1-12-8-15(27-10-14-4-3-5-18(34-2)20(14)31)11-28-22(12)36(32,33)30-23-29-19(21(25)35-23)13-6-7-16(24)17(26)9-13/h3-9,11,27,31H,10H2,1-2H3,(H,29,30). The van der Waals surface area contributed by atoms with Crippen molar-refractivity contribution in [2.45, 2.75) is 18.5 Å². The van der Waals surface area contributed by atoms with E-state index in [4.69, 9.17) is 27.9 Å². The summed E-state index contributed by atoms with van der Waals surface area (Å²) >= 11 is 12.8. The van der Waals surface area contributed by atoms with Crippen LogP contribution in [0, 0.1) is 12.7 Å². The van der Waals surface area contributed by atoms with Crippen LogP contribution < -0.4 is 14.8 Å². The maximum absolute atomic E-state index is 13.8. The molecule has 0 atom stereocenters. The highest BCUT2D eigenvalue weighted by atomic mass is 35.5. The fraction of sp³-hybridized carbons (Fsp3) is 0.130. The first-order valence-electron chi connectivity index (χ1n) is 10.3. The van der Waals surface area contributed by atoms with Crippen LogP contribution in [-0.2, 0) is 16.6 Å². The lowest BCUT2D eigenvalue weighted by atomic mass is 10.2. The molecule has 8 nitrogen and oxygen atoms in total. The summed E-state index contributed by atoms with van der Waals surface area (Å²) in [6.45, 7) is 1.87. The lowest BCUT2D eigenvalue weighted by Crippen LogP contribution is -2.16. The molecule has 4 rings (SSSR count). The Morgan fingerprint density at radius 3 is 2.67 bits per heavy atom. The zero-order valence-corrected chi connectivity index (χ0v) is 22.0. The molecule has 0 aliphatic carbocycles. The molecule has 0 amide bonds. The first kappa shape index (κ1) is 26.0. The van der Waals surface area contributed by atoms with Gasteiger partial charge < -0.3 is 15.2 Å². The van der Waals surface area contributed by atoms with E-state index >= 15 is 0 Å². The lowest BCUT2D eigenvalue weighted by molar-refractivity contribution is 0.371. The molecule has 2 heterocycles. The highest BCUT2D eigenvalue weighted by molar-refractivity contribution is 7.92. The van der Waals surface area contributed by atoms with E-state index < -0.39 is 15.8 Å². The number of rotatable bonds is 8. The fourth-order valence-electron chi connectivity index (χ4n) is 3.34. The monoisotopic (exact) mass is 568 g/mol. The second kappa shape index (κ2) is 10.5. The molecule has 3 N–H and O–H groups in total. The van der Waals surface area contributed by atoms with E-state index in [0.29, 0.717) is 28.1 Å². The maximum Gasteiger partial charge on any atom is 0.281 e. The largest absolute Gasteiger partial charge is 0.504 e. The van der Waals surface area contributed by atoms with Gasteiger partial charge in [-0.15, -0.1) is 0 Å². The Balaban J connectivity index is 1.51. The number of aromatic nitrogens is 2. The van der Waals surface area contributed by atoms with E-state index in [1.54, 1.807) is 31.2 Å². The van der Waals surface area contributed by atoms with E-state index in [0.717, 1.165) is 11.3 Å². The summed E-state index contributed by atoms with van der Waals surface area (Å²) in [4.78, 5) is 8.31. The number of pyridine rings is 1. The van der Waals surface area contributed by atoms with Crippen molar-refractivity contribution in [2.24, 2.45) is 0 Å². The van der Waals surface area contributed by atoms with Crippen LogP contribution in [0.4, 0.5) is 15.2 Å². The predicted octanol–water partition coefficient (Wildman–Crippen LogP) is 6.09. The molecule has 0 radical (unpaired) electrons. The third kappa shape index (κ3) is 5.49. The number of aromatic hydroxyl groups is 1. The number of nitrogens with one attached hydrogen (secondary N) is 2. The SMILES string of the molecule is COc1cccc(CNc2cnc(S(=O)(=O)Nc3nc(-c4ccc(Cl)c(F)c4)c(Cl)s3)c(C)c2)c1O. The Bertz CT molecular complexity index is 1550. The molecule has 0 unspecified atom stereocenters. The third-order valence-corrected chi connectivity index (χ3v) is 8.07. The van der Waals surface area contributed by atoms with Gasteiger partial charge >= 0.3 is 0 Å². The number of anilines is 2. The molecule has 36 heavy (non-hydrogen) atoms. The van der Waals surface area contributed by atoms with Crippen molar-refractivity contribution in [1.29, 1.82) is 0 Å². The lowest BCUT2D eigenvalue weighted by Gasteiger charge is -2.12. The first-order chi connectivity index (χ1) is 17.1. The van der Waals surface area contributed by atoms with Gasteiger partial charge in [0.05, 0.1) is 24.0 Å². The van der Waals surface area contributed by atoms with Crippen molar-refractivity contribution in [3.05, 3.63) is 75.0 Å². The minimum atomic E-state index is -4.10. The molecule has 188 valence electrons. The number of ether oxygens (including phenoxy) is 1. The van der Waals surface area contributed by atoms with Crippen LogP contribution in [0.2, 0.25) is 9.36 Å². The van der Waals surface area contributed by atoms with Gasteiger partial charge in [0.2, 0.25) is 0 Å². The molecule has 0 saturated heterocycles. The van der Waals surface area contributed by atoms with Crippen molar-refractivity contribution in [2.75, 3.05) is 17.1 Å². The van der Waals surface area contributed by atoms with Crippen LogP contribution in [0.5, 0.6) is 11.5 Å². The van der Waals surface area contributed by atoms with Gasteiger partial charge in [0, 0.05) is 17.7 Å². The molecule has 0 fully saturated rings. The minimum Gasteiger partial charge on any atom is -0.504 e. The van der Waals surface area contributed by atoms with Crippen LogP contribution in [0.25, 0.3) is 11.3 Å². The number of aryl methyl sites for hydroxylation is 1. The zero-order valence-electron chi connectivity index (χ0n) is 18.8. The summed E-state index contributed by atoms with van der Waals surface area (Å²) < 4.78 is 47.5. The molecule has 2 aromatic carbocycles. The number of benzene rings is 2. The Labute approximate surface area is 220 Å². The van der Waals surface area contributed by atoms with E-state index in [9.17, 15) is 17.9 Å². The topological polar surface area (TPSA) is 113 Å². The van der Waals surface area contributed by atoms with Crippen molar-refractivity contribution < 1.29 is 22.7 Å². The van der Waals surface area contributed by atoms with Crippen LogP contribution in [0.15, 0.2) is 53.7 Å². The average Bonchev–Trinajstić information content (AvgIpc) is 3.19. The number of methoxy groups -OCH3 is 1. The minimum absolute atomic E-state index is 0.00209. The smallest absolute Gasteiger partial charge is 0.281 e. The summed E-state index contributed by atoms with van der Waals surface area (Å²) in [5, 5.41) is 13.1. The molecule has 0 aliphatic heterocycles. The van der Waals surface area contributed by atoms with Crippen LogP contribution in [0.3, 0.4) is 0 Å². The van der Waals surface area contributed by atoms with Crippen LogP contribution in [-0.4, -0.2) is 30.6 Å². The third-order valence-electron chi connectivity index (χ3n) is 5.07. The fourth-order valence-corrected chi connectivity index (χ4v) is 5.94. The van der Waals surface area contributed by atoms with Gasteiger partial charge in [-0.05, 0) is 36.8 Å². The average molecular weight is 569 g/mol. The second-order valence-corrected chi connectivity index (χ2v) is 11.1. The van der Waals surface area contributed by atoms with Gasteiger partial charge in [-0.2, -0.15) is 8.42 Å². The number of sulfonamides is 1. The number of phenols is 1. The Kier molecular flexibility index (Phi) is 7.55. The molecular weight excluding hydrogens is 550 g/mol. The highest BCUT2D eigenvalue weighted by Crippen LogP contribution is 2.37. The summed E-state index contributed by atoms with van der Waals surface area (Å²) in [5.74, 6) is -0.276. The van der Waals surface area contributed by atoms with Crippen LogP contribution >= 0.6 is 34.5 Å². The number of hydrogen-bond donors (Lipinski definition) is 3. The Hall–Kier alpha value is -3.12. The molecule has 4 aromatic rings. The van der Waals surface area contributed by atoms with Gasteiger partial charge in [0.1, 0.15) is 15.8 Å². The zero-order chi connectivity index (χ0) is 26.0. The molecule has 0 spiro atoms. The van der Waals surface area contributed by atoms with Gasteiger partial charge in [0.15, 0.2) is 21.7 Å². The van der Waals surface area contributed by atoms with Gasteiger partial charge in [-0.25, -0.2) is 14.4 Å². The highest BCUT2D eigenvalue weighted by Gasteiger charge is 2.23. The molecule has 0 saturated carbocycles. The van der Waals surface area contributed by atoms with Crippen molar-refractivity contribution in [1.82, 2.24) is 9.97 Å². The number of hydrogen-bond acceptors (Lipinski definition) is 8. The number of thiazole rings is 1. The number of phenolic OH excluding ortho intramolecular Hbond substituents is 1. The molecule has 0 aliphatic rings. The van der Waals surface area contributed by atoms with Gasteiger partial charge in [0.25, 0.3) is 10.0 Å². The number of para-hydroxylation sites is 1. The van der Waals surface area contributed by atoms with E-state index in [2.05, 4.69) is 20.0 Å². The van der Waals surface area contributed by atoms with Crippen molar-refractivity contribution in [3.63, 3.8) is 0 Å². The summed E-state index contributed by atoms with van der Waals surface area (Å²) in [6.07, 6.45) is 1.37. The Morgan fingerprint density at radius 1 is 1.19 bits per heavy atom. The quantitative estimate of drug-likeness (QED) is 0.236. The van der Waals surface area contributed by atoms with E-state index in [1.165, 1.54) is 31.5 Å². The Morgan fingerprint density at radius 2 is 1.97 bits per heavy atom. The molecule has 0 bridgehead atoms. The molecule has 13 heteroatoms. The predicted molar refractivity (Wildman–Crippen MR) is 139 cm³/mol. The first-order valence-corrected chi connectivity index (χ1v) is 13.3. The molecular formula is C23H19Cl2FN4O4S2. The summed E-state index contributed by atoms with van der Waals surface area (Å²) in [6, 6.07) is 10.8. The maximum atomic E-state index is 13.8. The normalized spacial score (nSPS) is 11.4. The van der Waals surface area contributed by atoms with Crippen molar-refractivity contribution in [3.8, 4) is 22.8 Å². The van der Waals surface area contributed by atoms with Gasteiger partial charge in [-0.1, -0.05) is 52.7 Å². The van der Waals surface area contributed by atoms with Crippen molar-refractivity contribution >= 4 is 55.4 Å². The summed E-state index contributed by atoms with van der Waals surface area (Å²) in [5.41, 5.74) is 2.11.